The Balaban J connectivity index is 1.77. The normalized spacial score (nSPS) is 15.9. The van der Waals surface area contributed by atoms with Gasteiger partial charge in [-0.05, 0) is 41.1 Å². The Hall–Kier alpha value is -2.64. The zero-order chi connectivity index (χ0) is 18.0. The number of imide groups is 1. The molecular formula is C17H11ClN2O4S. The van der Waals surface area contributed by atoms with Gasteiger partial charge < -0.3 is 0 Å². The molecule has 0 saturated carbocycles. The van der Waals surface area contributed by atoms with E-state index in [9.17, 15) is 19.7 Å². The van der Waals surface area contributed by atoms with Crippen LogP contribution in [0.4, 0.5) is 10.5 Å². The molecule has 2 aromatic carbocycles. The molecule has 0 spiro atoms. The highest BCUT2D eigenvalue weighted by molar-refractivity contribution is 8.18. The molecule has 8 heteroatoms. The molecule has 0 atom stereocenters. The van der Waals surface area contributed by atoms with Crippen LogP contribution in [-0.2, 0) is 11.3 Å². The Morgan fingerprint density at radius 1 is 1.08 bits per heavy atom. The lowest BCUT2D eigenvalue weighted by atomic mass is 10.2. The molecule has 1 saturated heterocycles. The first-order valence-corrected chi connectivity index (χ1v) is 8.38. The predicted molar refractivity (Wildman–Crippen MR) is 96.1 cm³/mol. The average Bonchev–Trinajstić information content (AvgIpc) is 2.85. The van der Waals surface area contributed by atoms with Crippen molar-refractivity contribution in [3.63, 3.8) is 0 Å². The predicted octanol–water partition coefficient (Wildman–Crippen LogP) is 4.48. The molecule has 0 bridgehead atoms. The van der Waals surface area contributed by atoms with Crippen molar-refractivity contribution in [3.05, 3.63) is 79.7 Å². The van der Waals surface area contributed by atoms with E-state index in [1.165, 1.54) is 24.3 Å². The van der Waals surface area contributed by atoms with Gasteiger partial charge in [0.1, 0.15) is 0 Å². The van der Waals surface area contributed by atoms with Crippen LogP contribution >= 0.6 is 23.4 Å². The molecule has 0 unspecified atom stereocenters. The van der Waals surface area contributed by atoms with Gasteiger partial charge >= 0.3 is 0 Å². The summed E-state index contributed by atoms with van der Waals surface area (Å²) in [6, 6.07) is 12.7. The van der Waals surface area contributed by atoms with Gasteiger partial charge in [-0.2, -0.15) is 0 Å². The van der Waals surface area contributed by atoms with Crippen molar-refractivity contribution in [3.8, 4) is 0 Å². The summed E-state index contributed by atoms with van der Waals surface area (Å²) in [6.45, 7) is 0.0701. The Morgan fingerprint density at radius 3 is 2.32 bits per heavy atom. The summed E-state index contributed by atoms with van der Waals surface area (Å²) in [5.74, 6) is -0.386. The number of hydrogen-bond donors (Lipinski definition) is 0. The number of benzene rings is 2. The number of nitro benzene ring substituents is 1. The summed E-state index contributed by atoms with van der Waals surface area (Å²) in [4.78, 5) is 36.2. The maximum atomic E-state index is 12.4. The van der Waals surface area contributed by atoms with E-state index in [2.05, 4.69) is 0 Å². The van der Waals surface area contributed by atoms with Gasteiger partial charge in [0.25, 0.3) is 16.8 Å². The van der Waals surface area contributed by atoms with Crippen LogP contribution in [0, 0.1) is 10.1 Å². The lowest BCUT2D eigenvalue weighted by Gasteiger charge is -2.12. The van der Waals surface area contributed by atoms with E-state index in [1.807, 2.05) is 0 Å². The molecule has 0 aromatic heterocycles. The summed E-state index contributed by atoms with van der Waals surface area (Å²) in [7, 11) is 0. The second kappa shape index (κ2) is 7.08. The molecule has 3 rings (SSSR count). The van der Waals surface area contributed by atoms with Crippen LogP contribution in [0.15, 0.2) is 53.4 Å². The molecule has 1 aliphatic rings. The van der Waals surface area contributed by atoms with Crippen molar-refractivity contribution in [1.82, 2.24) is 4.90 Å². The van der Waals surface area contributed by atoms with Gasteiger partial charge in [0.15, 0.2) is 0 Å². The standard InChI is InChI=1S/C17H11ClN2O4S/c18-13-5-1-11(2-6-13)9-15-16(21)19(17(22)25-15)10-12-3-7-14(8-4-12)20(23)24/h1-9H,10H2/b15-9-. The first-order chi connectivity index (χ1) is 11.9. The van der Waals surface area contributed by atoms with E-state index in [0.717, 1.165) is 22.2 Å². The first-order valence-electron chi connectivity index (χ1n) is 7.18. The van der Waals surface area contributed by atoms with E-state index in [4.69, 9.17) is 11.6 Å². The SMILES string of the molecule is O=C1S/C(=C\c2ccc(Cl)cc2)C(=O)N1Cc1ccc([N+](=O)[O-])cc1. The topological polar surface area (TPSA) is 80.5 Å². The third-order valence-electron chi connectivity index (χ3n) is 3.53. The molecular weight excluding hydrogens is 364 g/mol. The second-order valence-corrected chi connectivity index (χ2v) is 6.67. The summed E-state index contributed by atoms with van der Waals surface area (Å²) < 4.78 is 0. The van der Waals surface area contributed by atoms with Crippen LogP contribution in [0.2, 0.25) is 5.02 Å². The lowest BCUT2D eigenvalue weighted by molar-refractivity contribution is -0.384. The van der Waals surface area contributed by atoms with E-state index < -0.39 is 4.92 Å². The minimum atomic E-state index is -0.501. The fourth-order valence-electron chi connectivity index (χ4n) is 2.25. The average molecular weight is 375 g/mol. The number of nitrogens with zero attached hydrogens (tertiary/aromatic N) is 2. The molecule has 0 aliphatic carbocycles. The Kier molecular flexibility index (Phi) is 4.87. The molecule has 126 valence electrons. The molecule has 2 aromatic rings. The van der Waals surface area contributed by atoms with E-state index in [-0.39, 0.29) is 23.4 Å². The van der Waals surface area contributed by atoms with Crippen LogP contribution in [-0.4, -0.2) is 21.0 Å². The van der Waals surface area contributed by atoms with Crippen LogP contribution in [0.5, 0.6) is 0 Å². The van der Waals surface area contributed by atoms with Gasteiger partial charge in [0.05, 0.1) is 16.4 Å². The molecule has 1 heterocycles. The van der Waals surface area contributed by atoms with Gasteiger partial charge in [-0.15, -0.1) is 0 Å². The fraction of sp³-hybridized carbons (Fsp3) is 0.0588. The van der Waals surface area contributed by atoms with Crippen molar-refractivity contribution < 1.29 is 14.5 Å². The molecule has 0 N–H and O–H groups in total. The van der Waals surface area contributed by atoms with Gasteiger partial charge in [-0.3, -0.25) is 24.6 Å². The summed E-state index contributed by atoms with van der Waals surface area (Å²) >= 11 is 6.69. The zero-order valence-electron chi connectivity index (χ0n) is 12.7. The number of rotatable bonds is 4. The molecule has 6 nitrogen and oxygen atoms in total. The van der Waals surface area contributed by atoms with Crippen molar-refractivity contribution in [2.75, 3.05) is 0 Å². The highest BCUT2D eigenvalue weighted by Crippen LogP contribution is 2.33. The second-order valence-electron chi connectivity index (χ2n) is 5.24. The maximum Gasteiger partial charge on any atom is 0.293 e. The number of carbonyl (C=O) groups is 2. The summed E-state index contributed by atoms with van der Waals surface area (Å²) in [6.07, 6.45) is 1.64. The van der Waals surface area contributed by atoms with Crippen LogP contribution < -0.4 is 0 Å². The Bertz CT molecular complexity index is 879. The minimum absolute atomic E-state index is 0.0412. The molecule has 0 radical (unpaired) electrons. The van der Waals surface area contributed by atoms with Crippen molar-refractivity contribution in [2.45, 2.75) is 6.54 Å². The first kappa shape index (κ1) is 17.2. The van der Waals surface area contributed by atoms with E-state index >= 15 is 0 Å². The smallest absolute Gasteiger partial charge is 0.268 e. The van der Waals surface area contributed by atoms with E-state index in [0.29, 0.717) is 15.5 Å². The van der Waals surface area contributed by atoms with Gasteiger partial charge in [0, 0.05) is 17.2 Å². The number of nitro groups is 1. The van der Waals surface area contributed by atoms with Crippen LogP contribution in [0.1, 0.15) is 11.1 Å². The van der Waals surface area contributed by atoms with Crippen molar-refractivity contribution >= 4 is 46.3 Å². The number of halogens is 1. The molecule has 1 fully saturated rings. The lowest BCUT2D eigenvalue weighted by Crippen LogP contribution is -2.27. The van der Waals surface area contributed by atoms with Gasteiger partial charge in [-0.1, -0.05) is 35.9 Å². The Labute approximate surface area is 152 Å². The highest BCUT2D eigenvalue weighted by Gasteiger charge is 2.35. The van der Waals surface area contributed by atoms with E-state index in [1.54, 1.807) is 30.3 Å². The molecule has 2 amide bonds. The maximum absolute atomic E-state index is 12.4. The van der Waals surface area contributed by atoms with Crippen molar-refractivity contribution in [1.29, 1.82) is 0 Å². The summed E-state index contributed by atoms with van der Waals surface area (Å²) in [5.41, 5.74) is 1.37. The minimum Gasteiger partial charge on any atom is -0.268 e. The third kappa shape index (κ3) is 3.89. The number of carbonyl (C=O) groups excluding carboxylic acids is 2. The quantitative estimate of drug-likeness (QED) is 0.447. The van der Waals surface area contributed by atoms with Gasteiger partial charge in [0.2, 0.25) is 0 Å². The highest BCUT2D eigenvalue weighted by atomic mass is 35.5. The largest absolute Gasteiger partial charge is 0.293 e. The number of thioether (sulfide) groups is 1. The number of non-ortho nitro benzene ring substituents is 1. The molecule has 1 aliphatic heterocycles. The number of hydrogen-bond acceptors (Lipinski definition) is 5. The summed E-state index contributed by atoms with van der Waals surface area (Å²) in [5, 5.41) is 10.9. The third-order valence-corrected chi connectivity index (χ3v) is 4.69. The Morgan fingerprint density at radius 2 is 1.72 bits per heavy atom. The van der Waals surface area contributed by atoms with Gasteiger partial charge in [-0.25, -0.2) is 0 Å². The number of amides is 2. The zero-order valence-corrected chi connectivity index (χ0v) is 14.3. The fourth-order valence-corrected chi connectivity index (χ4v) is 3.22. The van der Waals surface area contributed by atoms with Crippen LogP contribution in [0.25, 0.3) is 6.08 Å². The van der Waals surface area contributed by atoms with Crippen LogP contribution in [0.3, 0.4) is 0 Å². The molecule has 25 heavy (non-hydrogen) atoms. The monoisotopic (exact) mass is 374 g/mol. The van der Waals surface area contributed by atoms with Crippen molar-refractivity contribution in [2.24, 2.45) is 0 Å².